The minimum absolute atomic E-state index is 0.266. The lowest BCUT2D eigenvalue weighted by molar-refractivity contribution is -0.138. The summed E-state index contributed by atoms with van der Waals surface area (Å²) < 4.78 is 5.05. The Kier molecular flexibility index (Phi) is 4.60. The van der Waals surface area contributed by atoms with Crippen LogP contribution in [-0.2, 0) is 9.53 Å². The van der Waals surface area contributed by atoms with Crippen molar-refractivity contribution in [2.24, 2.45) is 0 Å². The number of hydrogen-bond acceptors (Lipinski definition) is 3. The van der Waals surface area contributed by atoms with Gasteiger partial charge in [0.15, 0.2) is 0 Å². The summed E-state index contributed by atoms with van der Waals surface area (Å²) >= 11 is 0. The van der Waals surface area contributed by atoms with Crippen molar-refractivity contribution < 1.29 is 9.53 Å². The molecule has 1 aromatic rings. The lowest BCUT2D eigenvalue weighted by Gasteiger charge is -2.02. The number of carbonyl (C=O) groups excluding carboxylic acids is 1. The molecule has 0 spiro atoms. The van der Waals surface area contributed by atoms with Crippen LogP contribution in [0.4, 0.5) is 0 Å². The number of H-pyrrole nitrogens is 1. The van der Waals surface area contributed by atoms with Gasteiger partial charge in [-0.05, 0) is 25.5 Å². The summed E-state index contributed by atoms with van der Waals surface area (Å²) in [7, 11) is 0. The third kappa shape index (κ3) is 3.97. The molecule has 1 N–H and O–H groups in total. The fourth-order valence-corrected chi connectivity index (χ4v) is 1.06. The summed E-state index contributed by atoms with van der Waals surface area (Å²) in [5, 5.41) is 6.54. The summed E-state index contributed by atoms with van der Waals surface area (Å²) in [4.78, 5) is 11.4. The van der Waals surface area contributed by atoms with Crippen molar-refractivity contribution in [2.45, 2.75) is 26.7 Å². The minimum Gasteiger partial charge on any atom is -0.462 e. The van der Waals surface area contributed by atoms with Crippen LogP contribution in [0.1, 0.15) is 32.4 Å². The molecule has 0 saturated heterocycles. The second-order valence-electron chi connectivity index (χ2n) is 3.33. The van der Waals surface area contributed by atoms with Gasteiger partial charge in [-0.25, -0.2) is 4.79 Å². The van der Waals surface area contributed by atoms with E-state index in [0.29, 0.717) is 12.2 Å². The smallest absolute Gasteiger partial charge is 0.333 e. The van der Waals surface area contributed by atoms with E-state index >= 15 is 0 Å². The van der Waals surface area contributed by atoms with Crippen molar-refractivity contribution in [3.05, 3.63) is 23.5 Å². The number of aromatic amines is 1. The molecule has 0 saturated carbocycles. The zero-order valence-electron chi connectivity index (χ0n) is 9.12. The average Bonchev–Trinajstić information content (AvgIpc) is 2.70. The highest BCUT2D eigenvalue weighted by molar-refractivity contribution is 5.92. The van der Waals surface area contributed by atoms with E-state index in [-0.39, 0.29) is 5.97 Å². The summed E-state index contributed by atoms with van der Waals surface area (Å²) in [6.07, 6.45) is 5.29. The van der Waals surface area contributed by atoms with Gasteiger partial charge in [-0.2, -0.15) is 5.10 Å². The lowest BCUT2D eigenvalue weighted by Crippen LogP contribution is -2.06. The molecule has 1 rings (SSSR count). The molecule has 0 bridgehead atoms. The highest BCUT2D eigenvalue weighted by Gasteiger charge is 2.05. The van der Waals surface area contributed by atoms with Gasteiger partial charge >= 0.3 is 5.97 Å². The Morgan fingerprint density at radius 3 is 3.07 bits per heavy atom. The van der Waals surface area contributed by atoms with E-state index in [9.17, 15) is 4.79 Å². The molecule has 0 aliphatic rings. The number of nitrogens with one attached hydrogen (secondary N) is 1. The fourth-order valence-electron chi connectivity index (χ4n) is 1.06. The third-order valence-electron chi connectivity index (χ3n) is 1.95. The largest absolute Gasteiger partial charge is 0.462 e. The highest BCUT2D eigenvalue weighted by atomic mass is 16.5. The Morgan fingerprint density at radius 1 is 1.67 bits per heavy atom. The van der Waals surface area contributed by atoms with E-state index in [4.69, 9.17) is 4.74 Å². The van der Waals surface area contributed by atoms with Crippen LogP contribution in [0.3, 0.4) is 0 Å². The van der Waals surface area contributed by atoms with Crippen molar-refractivity contribution in [1.29, 1.82) is 0 Å². The number of ether oxygens (including phenoxy) is 1. The van der Waals surface area contributed by atoms with E-state index < -0.39 is 0 Å². The Hall–Kier alpha value is -1.58. The molecule has 82 valence electrons. The van der Waals surface area contributed by atoms with Gasteiger partial charge in [0.05, 0.1) is 12.3 Å². The van der Waals surface area contributed by atoms with Crippen LogP contribution < -0.4 is 0 Å². The van der Waals surface area contributed by atoms with Crippen LogP contribution in [0, 0.1) is 0 Å². The monoisotopic (exact) mass is 208 g/mol. The minimum atomic E-state index is -0.266. The quantitative estimate of drug-likeness (QED) is 0.458. The Balaban J connectivity index is 2.45. The van der Waals surface area contributed by atoms with Crippen molar-refractivity contribution in [3.8, 4) is 0 Å². The number of carbonyl (C=O) groups is 1. The summed E-state index contributed by atoms with van der Waals surface area (Å²) in [6.45, 7) is 4.28. The predicted molar refractivity (Wildman–Crippen MR) is 58.1 cm³/mol. The van der Waals surface area contributed by atoms with Gasteiger partial charge in [-0.1, -0.05) is 13.3 Å². The maximum atomic E-state index is 11.4. The average molecular weight is 208 g/mol. The van der Waals surface area contributed by atoms with Crippen molar-refractivity contribution in [3.63, 3.8) is 0 Å². The molecule has 4 heteroatoms. The Bertz CT molecular complexity index is 328. The van der Waals surface area contributed by atoms with Crippen LogP contribution in [0.15, 0.2) is 17.8 Å². The first-order valence-corrected chi connectivity index (χ1v) is 5.09. The SMILES string of the molecule is CCCCOC(=O)C(C)=Cc1ccn[nH]1. The van der Waals surface area contributed by atoms with Gasteiger partial charge in [0.2, 0.25) is 0 Å². The van der Waals surface area contributed by atoms with Gasteiger partial charge in [0.25, 0.3) is 0 Å². The first-order valence-electron chi connectivity index (χ1n) is 5.09. The maximum Gasteiger partial charge on any atom is 0.333 e. The molecule has 0 radical (unpaired) electrons. The topological polar surface area (TPSA) is 55.0 Å². The van der Waals surface area contributed by atoms with Crippen LogP contribution >= 0.6 is 0 Å². The number of esters is 1. The number of aromatic nitrogens is 2. The molecule has 0 fully saturated rings. The van der Waals surface area contributed by atoms with Crippen molar-refractivity contribution >= 4 is 12.0 Å². The Labute approximate surface area is 89.3 Å². The van der Waals surface area contributed by atoms with E-state index in [1.54, 1.807) is 25.3 Å². The molecule has 1 aromatic heterocycles. The van der Waals surface area contributed by atoms with Crippen LogP contribution in [0.25, 0.3) is 6.08 Å². The first kappa shape index (κ1) is 11.5. The molecular formula is C11H16N2O2. The number of nitrogens with zero attached hydrogens (tertiary/aromatic N) is 1. The predicted octanol–water partition coefficient (Wildman–Crippen LogP) is 2.16. The van der Waals surface area contributed by atoms with Gasteiger partial charge < -0.3 is 4.74 Å². The number of hydrogen-bond donors (Lipinski definition) is 1. The molecule has 0 aliphatic heterocycles. The van der Waals surface area contributed by atoms with Gasteiger partial charge in [-0.15, -0.1) is 0 Å². The van der Waals surface area contributed by atoms with Crippen LogP contribution in [0.2, 0.25) is 0 Å². The molecule has 0 aliphatic carbocycles. The molecular weight excluding hydrogens is 192 g/mol. The highest BCUT2D eigenvalue weighted by Crippen LogP contribution is 2.04. The van der Waals surface area contributed by atoms with Crippen LogP contribution in [-0.4, -0.2) is 22.8 Å². The number of rotatable bonds is 5. The van der Waals surface area contributed by atoms with Gasteiger partial charge in [-0.3, -0.25) is 5.10 Å². The van der Waals surface area contributed by atoms with Crippen LogP contribution in [0.5, 0.6) is 0 Å². The van der Waals surface area contributed by atoms with Gasteiger partial charge in [0, 0.05) is 11.8 Å². The molecule has 0 unspecified atom stereocenters. The number of unbranched alkanes of at least 4 members (excludes halogenated alkanes) is 1. The second-order valence-corrected chi connectivity index (χ2v) is 3.33. The molecule has 15 heavy (non-hydrogen) atoms. The summed E-state index contributed by atoms with van der Waals surface area (Å²) in [5.41, 5.74) is 1.38. The zero-order valence-corrected chi connectivity index (χ0v) is 9.12. The first-order chi connectivity index (χ1) is 7.24. The summed E-state index contributed by atoms with van der Waals surface area (Å²) in [6, 6.07) is 1.79. The fraction of sp³-hybridized carbons (Fsp3) is 0.455. The molecule has 0 atom stereocenters. The molecule has 1 heterocycles. The van der Waals surface area contributed by atoms with E-state index in [1.165, 1.54) is 0 Å². The van der Waals surface area contributed by atoms with E-state index in [1.807, 2.05) is 0 Å². The Morgan fingerprint density at radius 2 is 2.47 bits per heavy atom. The standard InChI is InChI=1S/C11H16N2O2/c1-3-4-7-15-11(14)9(2)8-10-5-6-12-13-10/h5-6,8H,3-4,7H2,1-2H3,(H,12,13). The molecule has 0 amide bonds. The van der Waals surface area contributed by atoms with Crippen molar-refractivity contribution in [1.82, 2.24) is 10.2 Å². The second kappa shape index (κ2) is 6.01. The van der Waals surface area contributed by atoms with Gasteiger partial charge in [0.1, 0.15) is 0 Å². The third-order valence-corrected chi connectivity index (χ3v) is 1.95. The summed E-state index contributed by atoms with van der Waals surface area (Å²) in [5.74, 6) is -0.266. The molecule has 0 aromatic carbocycles. The maximum absolute atomic E-state index is 11.4. The van der Waals surface area contributed by atoms with E-state index in [2.05, 4.69) is 17.1 Å². The molecule has 4 nitrogen and oxygen atoms in total. The normalized spacial score (nSPS) is 11.5. The zero-order chi connectivity index (χ0) is 11.1. The van der Waals surface area contributed by atoms with Crippen molar-refractivity contribution in [2.75, 3.05) is 6.61 Å². The lowest BCUT2D eigenvalue weighted by atomic mass is 10.2. The van der Waals surface area contributed by atoms with E-state index in [0.717, 1.165) is 18.5 Å².